The van der Waals surface area contributed by atoms with Gasteiger partial charge in [-0.3, -0.25) is 20.2 Å². The number of non-ortho nitro benzene ring substituents is 2. The number of aliphatic hydroxyl groups is 1. The molecule has 0 radical (unpaired) electrons. The fourth-order valence-corrected chi connectivity index (χ4v) is 2.35. The van der Waals surface area contributed by atoms with Gasteiger partial charge < -0.3 is 10.2 Å². The van der Waals surface area contributed by atoms with Crippen molar-refractivity contribution in [3.63, 3.8) is 0 Å². The van der Waals surface area contributed by atoms with Crippen LogP contribution in [0.3, 0.4) is 0 Å². The second kappa shape index (κ2) is 14.6. The lowest BCUT2D eigenvalue weighted by molar-refractivity contribution is -0.394. The predicted octanol–water partition coefficient (Wildman–Crippen LogP) is 4.71. The molecular weight excluding hydrogens is 356 g/mol. The molecule has 1 rings (SSSR count). The van der Waals surface area contributed by atoms with E-state index in [1.165, 1.54) is 51.4 Å². The van der Waals surface area contributed by atoms with Crippen molar-refractivity contribution in [2.24, 2.45) is 0 Å². The van der Waals surface area contributed by atoms with Crippen LogP contribution in [0.5, 0.6) is 0 Å². The molecule has 0 aromatic heterocycles. The minimum atomic E-state index is -1.46. The SMILES string of the molecule is CCCCCCCCCCCO.O=C(O)c1cc([N+](=O)[O-])cc([N+](=O)[O-])c1. The predicted molar refractivity (Wildman–Crippen MR) is 101 cm³/mol. The monoisotopic (exact) mass is 384 g/mol. The second-order valence-corrected chi connectivity index (χ2v) is 6.11. The van der Waals surface area contributed by atoms with E-state index in [2.05, 4.69) is 6.92 Å². The minimum absolute atomic E-state index is 0.371. The molecule has 0 saturated carbocycles. The molecule has 0 aliphatic carbocycles. The molecule has 0 unspecified atom stereocenters. The van der Waals surface area contributed by atoms with Gasteiger partial charge in [0, 0.05) is 18.7 Å². The molecule has 0 amide bonds. The highest BCUT2D eigenvalue weighted by molar-refractivity contribution is 5.89. The molecule has 0 bridgehead atoms. The fourth-order valence-electron chi connectivity index (χ4n) is 2.35. The number of hydrogen-bond acceptors (Lipinski definition) is 6. The van der Waals surface area contributed by atoms with Gasteiger partial charge in [0.2, 0.25) is 0 Å². The molecule has 9 nitrogen and oxygen atoms in total. The van der Waals surface area contributed by atoms with Crippen molar-refractivity contribution in [1.29, 1.82) is 0 Å². The number of nitro groups is 2. The van der Waals surface area contributed by atoms with Crippen molar-refractivity contribution < 1.29 is 24.9 Å². The highest BCUT2D eigenvalue weighted by Crippen LogP contribution is 2.22. The smallest absolute Gasteiger partial charge is 0.336 e. The average molecular weight is 384 g/mol. The number of rotatable bonds is 12. The number of carbonyl (C=O) groups is 1. The Hall–Kier alpha value is -2.55. The van der Waals surface area contributed by atoms with E-state index < -0.39 is 32.8 Å². The summed E-state index contributed by atoms with van der Waals surface area (Å²) in [4.78, 5) is 29.4. The van der Waals surface area contributed by atoms with Gasteiger partial charge in [-0.25, -0.2) is 4.79 Å². The maximum Gasteiger partial charge on any atom is 0.336 e. The molecule has 0 aliphatic heterocycles. The quantitative estimate of drug-likeness (QED) is 0.301. The summed E-state index contributed by atoms with van der Waals surface area (Å²) in [6.45, 7) is 2.62. The molecule has 0 spiro atoms. The Labute approximate surface area is 158 Å². The van der Waals surface area contributed by atoms with Crippen molar-refractivity contribution >= 4 is 17.3 Å². The molecule has 0 heterocycles. The van der Waals surface area contributed by atoms with Crippen molar-refractivity contribution in [3.05, 3.63) is 44.0 Å². The van der Waals surface area contributed by atoms with Crippen LogP contribution in [0.4, 0.5) is 11.4 Å². The van der Waals surface area contributed by atoms with Gasteiger partial charge >= 0.3 is 5.97 Å². The van der Waals surface area contributed by atoms with E-state index in [1.807, 2.05) is 0 Å². The Bertz CT molecular complexity index is 516. The number of carboxylic acids is 1. The summed E-state index contributed by atoms with van der Waals surface area (Å²) in [7, 11) is 0. The summed E-state index contributed by atoms with van der Waals surface area (Å²) in [6.07, 6.45) is 11.8. The lowest BCUT2D eigenvalue weighted by Gasteiger charge is -1.99. The van der Waals surface area contributed by atoms with Gasteiger partial charge in [0.25, 0.3) is 11.4 Å². The highest BCUT2D eigenvalue weighted by Gasteiger charge is 2.19. The van der Waals surface area contributed by atoms with E-state index in [-0.39, 0.29) is 0 Å². The third kappa shape index (κ3) is 11.6. The van der Waals surface area contributed by atoms with Crippen LogP contribution in [0.15, 0.2) is 18.2 Å². The third-order valence-electron chi connectivity index (χ3n) is 3.83. The molecule has 0 saturated heterocycles. The molecule has 0 fully saturated rings. The van der Waals surface area contributed by atoms with Crippen molar-refractivity contribution in [2.75, 3.05) is 6.61 Å². The van der Waals surface area contributed by atoms with E-state index in [0.717, 1.165) is 18.6 Å². The van der Waals surface area contributed by atoms with Gasteiger partial charge in [-0.05, 0) is 6.42 Å². The number of benzene rings is 1. The Kier molecular flexibility index (Phi) is 13.2. The lowest BCUT2D eigenvalue weighted by Crippen LogP contribution is -2.00. The zero-order chi connectivity index (χ0) is 20.7. The van der Waals surface area contributed by atoms with Crippen LogP contribution in [0, 0.1) is 20.2 Å². The van der Waals surface area contributed by atoms with Gasteiger partial charge in [-0.1, -0.05) is 58.3 Å². The molecule has 152 valence electrons. The number of nitrogens with zero attached hydrogens (tertiary/aromatic N) is 2. The van der Waals surface area contributed by atoms with E-state index >= 15 is 0 Å². The van der Waals surface area contributed by atoms with Crippen LogP contribution in [0.2, 0.25) is 0 Å². The Balaban J connectivity index is 0.000000516. The molecular formula is C18H28N2O7. The lowest BCUT2D eigenvalue weighted by atomic mass is 10.1. The Morgan fingerprint density at radius 2 is 1.26 bits per heavy atom. The number of aliphatic hydroxyl groups excluding tert-OH is 1. The Morgan fingerprint density at radius 3 is 1.59 bits per heavy atom. The van der Waals surface area contributed by atoms with Crippen molar-refractivity contribution in [1.82, 2.24) is 0 Å². The van der Waals surface area contributed by atoms with Crippen molar-refractivity contribution in [2.45, 2.75) is 64.7 Å². The number of hydrogen-bond donors (Lipinski definition) is 2. The van der Waals surface area contributed by atoms with Crippen molar-refractivity contribution in [3.8, 4) is 0 Å². The molecule has 27 heavy (non-hydrogen) atoms. The number of carboxylic acid groups (broad SMARTS) is 1. The van der Waals surface area contributed by atoms with E-state index in [4.69, 9.17) is 10.2 Å². The molecule has 0 aliphatic rings. The van der Waals surface area contributed by atoms with Gasteiger partial charge in [0.15, 0.2) is 0 Å². The standard InChI is InChI=1S/C11H24O.C7H4N2O6/c1-2-3-4-5-6-7-8-9-10-11-12;10-7(11)4-1-5(8(12)13)3-6(2-4)9(14)15/h12H,2-11H2,1H3;1-3H,(H,10,11). The summed E-state index contributed by atoms with van der Waals surface area (Å²) < 4.78 is 0. The van der Waals surface area contributed by atoms with E-state index in [1.54, 1.807) is 0 Å². The molecule has 2 N–H and O–H groups in total. The normalized spacial score (nSPS) is 10.0. The summed E-state index contributed by atoms with van der Waals surface area (Å²) in [5, 5.41) is 37.8. The molecule has 1 aromatic carbocycles. The first-order valence-corrected chi connectivity index (χ1v) is 9.11. The first-order valence-electron chi connectivity index (χ1n) is 9.11. The Morgan fingerprint density at radius 1 is 0.852 bits per heavy atom. The number of unbranched alkanes of at least 4 members (excludes halogenated alkanes) is 8. The van der Waals surface area contributed by atoms with Crippen LogP contribution in [0.1, 0.15) is 75.1 Å². The largest absolute Gasteiger partial charge is 0.478 e. The zero-order valence-electron chi connectivity index (χ0n) is 15.6. The van der Waals surface area contributed by atoms with E-state index in [0.29, 0.717) is 12.7 Å². The second-order valence-electron chi connectivity index (χ2n) is 6.11. The minimum Gasteiger partial charge on any atom is -0.478 e. The van der Waals surface area contributed by atoms with Gasteiger partial charge in [0.1, 0.15) is 0 Å². The summed E-state index contributed by atoms with van der Waals surface area (Å²) in [5.74, 6) is -1.46. The third-order valence-corrected chi connectivity index (χ3v) is 3.83. The van der Waals surface area contributed by atoms with Crippen LogP contribution in [0.25, 0.3) is 0 Å². The first-order chi connectivity index (χ1) is 12.8. The molecule has 1 aromatic rings. The topological polar surface area (TPSA) is 144 Å². The maximum absolute atomic E-state index is 10.5. The van der Waals surface area contributed by atoms with Crippen LogP contribution < -0.4 is 0 Å². The van der Waals surface area contributed by atoms with E-state index in [9.17, 15) is 25.0 Å². The molecule has 0 atom stereocenters. The van der Waals surface area contributed by atoms with Gasteiger partial charge in [-0.15, -0.1) is 0 Å². The summed E-state index contributed by atoms with van der Waals surface area (Å²) in [5.41, 5.74) is -1.74. The molecule has 9 heteroatoms. The zero-order valence-corrected chi connectivity index (χ0v) is 15.6. The summed E-state index contributed by atoms with van der Waals surface area (Å²) in [6, 6.07) is 2.22. The van der Waals surface area contributed by atoms with Crippen LogP contribution in [-0.2, 0) is 0 Å². The highest BCUT2D eigenvalue weighted by atomic mass is 16.6. The number of aromatic carboxylic acids is 1. The summed E-state index contributed by atoms with van der Waals surface area (Å²) >= 11 is 0. The number of nitro benzene ring substituents is 2. The maximum atomic E-state index is 10.5. The van der Waals surface area contributed by atoms with Gasteiger partial charge in [-0.2, -0.15) is 0 Å². The fraction of sp³-hybridized carbons (Fsp3) is 0.611. The van der Waals surface area contributed by atoms with Crippen LogP contribution in [-0.4, -0.2) is 32.6 Å². The average Bonchev–Trinajstić information content (AvgIpc) is 2.64. The first kappa shape index (κ1) is 24.5. The van der Waals surface area contributed by atoms with Gasteiger partial charge in [0.05, 0.1) is 21.5 Å². The van der Waals surface area contributed by atoms with Crippen LogP contribution >= 0.6 is 0 Å².